The molecule has 0 atom stereocenters. The van der Waals surface area contributed by atoms with Gasteiger partial charge in [0, 0.05) is 12.2 Å². The molecule has 0 fully saturated rings. The van der Waals surface area contributed by atoms with Crippen LogP contribution in [0.15, 0.2) is 23.8 Å². The van der Waals surface area contributed by atoms with Crippen molar-refractivity contribution in [2.75, 3.05) is 11.9 Å². The minimum Gasteiger partial charge on any atom is -0.370 e. The first kappa shape index (κ1) is 11.8. The van der Waals surface area contributed by atoms with E-state index in [4.69, 9.17) is 4.98 Å². The van der Waals surface area contributed by atoms with E-state index >= 15 is 0 Å². The maximum Gasteiger partial charge on any atom is 0.126 e. The predicted molar refractivity (Wildman–Crippen MR) is 75.9 cm³/mol. The van der Waals surface area contributed by atoms with Crippen molar-refractivity contribution in [2.45, 2.75) is 51.4 Å². The Labute approximate surface area is 110 Å². The molecular weight excluding hydrogens is 220 g/mol. The summed E-state index contributed by atoms with van der Waals surface area (Å²) in [6.45, 7) is 1.03. The minimum atomic E-state index is 1.03. The van der Waals surface area contributed by atoms with Crippen molar-refractivity contribution >= 4 is 5.82 Å². The van der Waals surface area contributed by atoms with Crippen LogP contribution in [-0.4, -0.2) is 11.5 Å². The number of hydrogen-bond acceptors (Lipinski definition) is 2. The fourth-order valence-corrected chi connectivity index (χ4v) is 3.00. The van der Waals surface area contributed by atoms with Gasteiger partial charge in [-0.2, -0.15) is 0 Å². The fourth-order valence-electron chi connectivity index (χ4n) is 3.00. The van der Waals surface area contributed by atoms with Crippen molar-refractivity contribution in [3.8, 4) is 0 Å². The van der Waals surface area contributed by atoms with Crippen molar-refractivity contribution in [3.63, 3.8) is 0 Å². The van der Waals surface area contributed by atoms with Crippen molar-refractivity contribution < 1.29 is 0 Å². The molecule has 1 N–H and O–H groups in total. The molecule has 0 unspecified atom stereocenters. The summed E-state index contributed by atoms with van der Waals surface area (Å²) in [5, 5.41) is 3.47. The molecular formula is C16H22N2. The lowest BCUT2D eigenvalue weighted by atomic mass is 9.97. The molecule has 3 rings (SSSR count). The molecule has 2 nitrogen and oxygen atoms in total. The van der Waals surface area contributed by atoms with Gasteiger partial charge in [0.2, 0.25) is 0 Å². The Morgan fingerprint density at radius 2 is 2.06 bits per heavy atom. The van der Waals surface area contributed by atoms with Crippen molar-refractivity contribution in [3.05, 3.63) is 35.0 Å². The summed E-state index contributed by atoms with van der Waals surface area (Å²) < 4.78 is 0. The number of rotatable bonds is 4. The smallest absolute Gasteiger partial charge is 0.126 e. The first-order valence-electron chi connectivity index (χ1n) is 7.32. The largest absolute Gasteiger partial charge is 0.370 e. The molecule has 1 heterocycles. The fraction of sp³-hybridized carbons (Fsp3) is 0.562. The SMILES string of the molecule is C1=C(CCNc2ccc3c(n2)CCC3)CCCC1. The summed E-state index contributed by atoms with van der Waals surface area (Å²) in [5.74, 6) is 1.06. The second-order valence-electron chi connectivity index (χ2n) is 5.44. The number of pyridine rings is 1. The van der Waals surface area contributed by atoms with Gasteiger partial charge < -0.3 is 5.32 Å². The Bertz CT molecular complexity index is 448. The molecule has 18 heavy (non-hydrogen) atoms. The summed E-state index contributed by atoms with van der Waals surface area (Å²) in [7, 11) is 0. The summed E-state index contributed by atoms with van der Waals surface area (Å²) in [5.41, 5.74) is 4.40. The van der Waals surface area contributed by atoms with Crippen LogP contribution in [0.3, 0.4) is 0 Å². The Balaban J connectivity index is 1.52. The highest BCUT2D eigenvalue weighted by molar-refractivity contribution is 5.40. The number of aryl methyl sites for hydroxylation is 2. The minimum absolute atomic E-state index is 1.03. The molecule has 0 spiro atoms. The Hall–Kier alpha value is -1.31. The topological polar surface area (TPSA) is 24.9 Å². The molecule has 1 aromatic rings. The van der Waals surface area contributed by atoms with Crippen molar-refractivity contribution in [1.29, 1.82) is 0 Å². The maximum absolute atomic E-state index is 4.71. The van der Waals surface area contributed by atoms with E-state index in [2.05, 4.69) is 23.5 Å². The second kappa shape index (κ2) is 5.55. The van der Waals surface area contributed by atoms with Gasteiger partial charge in [-0.3, -0.25) is 0 Å². The Morgan fingerprint density at radius 3 is 2.94 bits per heavy atom. The van der Waals surface area contributed by atoms with Gasteiger partial charge >= 0.3 is 0 Å². The molecule has 0 saturated heterocycles. The summed E-state index contributed by atoms with van der Waals surface area (Å²) in [6.07, 6.45) is 12.6. The molecule has 2 aliphatic rings. The van der Waals surface area contributed by atoms with Gasteiger partial charge in [0.15, 0.2) is 0 Å². The first-order valence-corrected chi connectivity index (χ1v) is 7.32. The number of nitrogens with zero attached hydrogens (tertiary/aromatic N) is 1. The van der Waals surface area contributed by atoms with Crippen LogP contribution in [0.1, 0.15) is 49.8 Å². The maximum atomic E-state index is 4.71. The van der Waals surface area contributed by atoms with Gasteiger partial charge in [-0.05, 0) is 63.0 Å². The molecule has 1 aromatic heterocycles. The number of allylic oxidation sites excluding steroid dienone is 1. The van der Waals surface area contributed by atoms with Gasteiger partial charge in [0.25, 0.3) is 0 Å². The third kappa shape index (κ3) is 2.74. The third-order valence-electron chi connectivity index (χ3n) is 4.07. The third-order valence-corrected chi connectivity index (χ3v) is 4.07. The number of anilines is 1. The average molecular weight is 242 g/mol. The number of fused-ring (bicyclic) bond motifs is 1. The standard InChI is InChI=1S/C16H22N2/c1-2-5-13(6-3-1)11-12-17-16-10-9-14-7-4-8-15(14)18-16/h5,9-10H,1-4,6-8,11-12H2,(H,17,18). The highest BCUT2D eigenvalue weighted by Crippen LogP contribution is 2.22. The van der Waals surface area contributed by atoms with E-state index in [1.807, 2.05) is 0 Å². The van der Waals surface area contributed by atoms with E-state index in [0.29, 0.717) is 0 Å². The van der Waals surface area contributed by atoms with Crippen LogP contribution in [-0.2, 0) is 12.8 Å². The zero-order chi connectivity index (χ0) is 12.2. The van der Waals surface area contributed by atoms with E-state index in [0.717, 1.165) is 18.8 Å². The van der Waals surface area contributed by atoms with Gasteiger partial charge in [-0.25, -0.2) is 4.98 Å². The van der Waals surface area contributed by atoms with E-state index in [1.165, 1.54) is 56.2 Å². The first-order chi connectivity index (χ1) is 8.92. The Morgan fingerprint density at radius 1 is 1.06 bits per heavy atom. The Kier molecular flexibility index (Phi) is 3.63. The number of aromatic nitrogens is 1. The normalized spacial score (nSPS) is 18.3. The zero-order valence-electron chi connectivity index (χ0n) is 11.0. The summed E-state index contributed by atoms with van der Waals surface area (Å²) in [4.78, 5) is 4.71. The van der Waals surface area contributed by atoms with Crippen molar-refractivity contribution in [1.82, 2.24) is 4.98 Å². The molecule has 0 aromatic carbocycles. The molecule has 0 bridgehead atoms. The molecule has 0 amide bonds. The lowest BCUT2D eigenvalue weighted by Crippen LogP contribution is -2.06. The second-order valence-corrected chi connectivity index (χ2v) is 5.44. The molecule has 0 saturated carbocycles. The van der Waals surface area contributed by atoms with Gasteiger partial charge in [0.1, 0.15) is 5.82 Å². The van der Waals surface area contributed by atoms with Crippen LogP contribution in [0.5, 0.6) is 0 Å². The van der Waals surface area contributed by atoms with Crippen LogP contribution in [0, 0.1) is 0 Å². The lowest BCUT2D eigenvalue weighted by molar-refractivity contribution is 0.679. The highest BCUT2D eigenvalue weighted by atomic mass is 15.0. The van der Waals surface area contributed by atoms with E-state index in [9.17, 15) is 0 Å². The van der Waals surface area contributed by atoms with Crippen LogP contribution in [0.4, 0.5) is 5.82 Å². The van der Waals surface area contributed by atoms with Gasteiger partial charge in [-0.1, -0.05) is 17.7 Å². The van der Waals surface area contributed by atoms with E-state index in [-0.39, 0.29) is 0 Å². The summed E-state index contributed by atoms with van der Waals surface area (Å²) >= 11 is 0. The zero-order valence-corrected chi connectivity index (χ0v) is 11.0. The highest BCUT2D eigenvalue weighted by Gasteiger charge is 2.12. The molecule has 2 heteroatoms. The number of hydrogen-bond donors (Lipinski definition) is 1. The predicted octanol–water partition coefficient (Wildman–Crippen LogP) is 3.87. The van der Waals surface area contributed by atoms with Crippen LogP contribution in [0.25, 0.3) is 0 Å². The average Bonchev–Trinajstić information content (AvgIpc) is 2.87. The van der Waals surface area contributed by atoms with E-state index < -0.39 is 0 Å². The lowest BCUT2D eigenvalue weighted by Gasteiger charge is -2.13. The van der Waals surface area contributed by atoms with Crippen LogP contribution in [0.2, 0.25) is 0 Å². The monoisotopic (exact) mass is 242 g/mol. The van der Waals surface area contributed by atoms with Gasteiger partial charge in [0.05, 0.1) is 0 Å². The molecule has 2 aliphatic carbocycles. The molecule has 0 radical (unpaired) electrons. The summed E-state index contributed by atoms with van der Waals surface area (Å²) in [6, 6.07) is 4.39. The van der Waals surface area contributed by atoms with E-state index in [1.54, 1.807) is 5.57 Å². The van der Waals surface area contributed by atoms with Crippen LogP contribution >= 0.6 is 0 Å². The quantitative estimate of drug-likeness (QED) is 0.811. The van der Waals surface area contributed by atoms with Crippen LogP contribution < -0.4 is 5.32 Å². The molecule has 0 aliphatic heterocycles. The molecule has 96 valence electrons. The van der Waals surface area contributed by atoms with Gasteiger partial charge in [-0.15, -0.1) is 0 Å². The number of nitrogens with one attached hydrogen (secondary N) is 1. The van der Waals surface area contributed by atoms with Crippen molar-refractivity contribution in [2.24, 2.45) is 0 Å².